The minimum atomic E-state index is -4.46. The Morgan fingerprint density at radius 3 is 2.47 bits per heavy atom. The molecule has 0 radical (unpaired) electrons. The summed E-state index contributed by atoms with van der Waals surface area (Å²) in [6, 6.07) is 9.75. The molecule has 0 aliphatic heterocycles. The topological polar surface area (TPSA) is 82.3 Å². The third kappa shape index (κ3) is 6.62. The van der Waals surface area contributed by atoms with Crippen molar-refractivity contribution >= 4 is 34.1 Å². The first-order valence-corrected chi connectivity index (χ1v) is 10.8. The first-order chi connectivity index (χ1) is 15.3. The summed E-state index contributed by atoms with van der Waals surface area (Å²) >= 11 is 2.16. The predicted molar refractivity (Wildman–Crippen MR) is 125 cm³/mol. The van der Waals surface area contributed by atoms with Crippen LogP contribution >= 0.6 is 22.6 Å². The smallest absolute Gasteiger partial charge is 0.433 e. The monoisotopic (exact) mass is 558 g/mol. The standard InChI is InChI=1S/C22H22F3IN4O2/c1-31-19-9-14(3-2-8-28-21-17(27)10-16(26)12-30-21)4-6-18(19)32-13-15-5-7-20(29-11-15)22(23,24)25/h4-7,9-12H,2-3,8,13,27H2,1H3,(H,28,30). The van der Waals surface area contributed by atoms with Gasteiger partial charge >= 0.3 is 6.18 Å². The minimum absolute atomic E-state index is 0.0786. The molecule has 0 saturated heterocycles. The molecule has 3 aromatic rings. The highest BCUT2D eigenvalue weighted by atomic mass is 127. The number of benzene rings is 1. The number of nitrogens with zero attached hydrogens (tertiary/aromatic N) is 2. The molecule has 3 N–H and O–H groups in total. The van der Waals surface area contributed by atoms with E-state index in [0.29, 0.717) is 35.1 Å². The summed E-state index contributed by atoms with van der Waals surface area (Å²) in [5.41, 5.74) is 7.23. The van der Waals surface area contributed by atoms with Crippen molar-refractivity contribution in [2.45, 2.75) is 25.6 Å². The van der Waals surface area contributed by atoms with Crippen molar-refractivity contribution in [2.24, 2.45) is 0 Å². The molecule has 32 heavy (non-hydrogen) atoms. The van der Waals surface area contributed by atoms with E-state index >= 15 is 0 Å². The highest BCUT2D eigenvalue weighted by molar-refractivity contribution is 14.1. The van der Waals surface area contributed by atoms with E-state index in [2.05, 4.69) is 37.9 Å². The van der Waals surface area contributed by atoms with Gasteiger partial charge in [0.25, 0.3) is 0 Å². The third-order valence-electron chi connectivity index (χ3n) is 4.56. The minimum Gasteiger partial charge on any atom is -0.493 e. The van der Waals surface area contributed by atoms with Crippen LogP contribution in [0.4, 0.5) is 24.7 Å². The number of anilines is 2. The fraction of sp³-hybridized carbons (Fsp3) is 0.273. The molecule has 0 saturated carbocycles. The molecular weight excluding hydrogens is 536 g/mol. The summed E-state index contributed by atoms with van der Waals surface area (Å²) in [5, 5.41) is 3.23. The summed E-state index contributed by atoms with van der Waals surface area (Å²) < 4.78 is 49.9. The van der Waals surface area contributed by atoms with Crippen LogP contribution in [0.15, 0.2) is 48.8 Å². The van der Waals surface area contributed by atoms with Crippen molar-refractivity contribution in [1.29, 1.82) is 0 Å². The third-order valence-corrected chi connectivity index (χ3v) is 5.15. The number of hydrogen-bond donors (Lipinski definition) is 2. The van der Waals surface area contributed by atoms with Crippen molar-refractivity contribution in [2.75, 3.05) is 24.7 Å². The molecule has 10 heteroatoms. The lowest BCUT2D eigenvalue weighted by molar-refractivity contribution is -0.141. The van der Waals surface area contributed by atoms with Gasteiger partial charge in [0.05, 0.1) is 12.8 Å². The van der Waals surface area contributed by atoms with Crippen LogP contribution < -0.4 is 20.5 Å². The lowest BCUT2D eigenvalue weighted by Crippen LogP contribution is -2.08. The predicted octanol–water partition coefficient (Wildman–Crippen LogP) is 5.31. The Hall–Kier alpha value is -2.76. The van der Waals surface area contributed by atoms with Gasteiger partial charge < -0.3 is 20.5 Å². The quantitative estimate of drug-likeness (QED) is 0.274. The SMILES string of the molecule is COc1cc(CCCNc2ncc(I)cc2N)ccc1OCc1ccc(C(F)(F)F)nc1. The zero-order valence-electron chi connectivity index (χ0n) is 17.2. The average Bonchev–Trinajstić information content (AvgIpc) is 2.76. The van der Waals surface area contributed by atoms with Crippen LogP contribution in [0.2, 0.25) is 0 Å². The molecule has 0 aliphatic rings. The number of rotatable bonds is 9. The summed E-state index contributed by atoms with van der Waals surface area (Å²) in [7, 11) is 1.54. The van der Waals surface area contributed by atoms with Crippen molar-refractivity contribution in [3.63, 3.8) is 0 Å². The molecule has 0 atom stereocenters. The zero-order chi connectivity index (χ0) is 23.1. The Morgan fingerprint density at radius 1 is 1.03 bits per heavy atom. The van der Waals surface area contributed by atoms with E-state index in [1.54, 1.807) is 19.4 Å². The first-order valence-electron chi connectivity index (χ1n) is 9.73. The van der Waals surface area contributed by atoms with E-state index < -0.39 is 11.9 Å². The molecule has 170 valence electrons. The lowest BCUT2D eigenvalue weighted by Gasteiger charge is -2.13. The molecule has 3 rings (SSSR count). The zero-order valence-corrected chi connectivity index (χ0v) is 19.4. The molecule has 0 unspecified atom stereocenters. The molecule has 2 heterocycles. The van der Waals surface area contributed by atoms with Gasteiger partial charge in [-0.15, -0.1) is 0 Å². The van der Waals surface area contributed by atoms with Crippen LogP contribution in [0, 0.1) is 3.57 Å². The number of pyridine rings is 2. The van der Waals surface area contributed by atoms with Crippen molar-refractivity contribution in [3.05, 3.63) is 69.2 Å². The maximum Gasteiger partial charge on any atom is 0.433 e. The fourth-order valence-electron chi connectivity index (χ4n) is 2.93. The van der Waals surface area contributed by atoms with E-state index in [9.17, 15) is 13.2 Å². The molecule has 0 fully saturated rings. The average molecular weight is 558 g/mol. The maximum atomic E-state index is 12.6. The van der Waals surface area contributed by atoms with Gasteiger partial charge in [0.2, 0.25) is 0 Å². The van der Waals surface area contributed by atoms with Crippen LogP contribution in [-0.2, 0) is 19.2 Å². The van der Waals surface area contributed by atoms with Gasteiger partial charge in [0, 0.05) is 28.1 Å². The molecule has 6 nitrogen and oxygen atoms in total. The number of halogens is 4. The maximum absolute atomic E-state index is 12.6. The second kappa shape index (κ2) is 10.7. The number of ether oxygens (including phenoxy) is 2. The van der Waals surface area contributed by atoms with Crippen LogP contribution in [0.1, 0.15) is 23.2 Å². The number of hydrogen-bond acceptors (Lipinski definition) is 6. The molecule has 2 aromatic heterocycles. The first kappa shape index (κ1) is 23.9. The van der Waals surface area contributed by atoms with Gasteiger partial charge in [0.1, 0.15) is 18.1 Å². The Labute approximate surface area is 197 Å². The van der Waals surface area contributed by atoms with E-state index in [0.717, 1.165) is 34.2 Å². The van der Waals surface area contributed by atoms with E-state index in [1.165, 1.54) is 6.07 Å². The van der Waals surface area contributed by atoms with Crippen molar-refractivity contribution < 1.29 is 22.6 Å². The fourth-order valence-corrected chi connectivity index (χ4v) is 3.40. The summed E-state index contributed by atoms with van der Waals surface area (Å²) in [4.78, 5) is 7.72. The Kier molecular flexibility index (Phi) is 7.99. The molecule has 0 bridgehead atoms. The number of nitrogens with two attached hydrogens (primary N) is 1. The number of nitrogens with one attached hydrogen (secondary N) is 1. The molecule has 0 spiro atoms. The highest BCUT2D eigenvalue weighted by Crippen LogP contribution is 2.30. The summed E-state index contributed by atoms with van der Waals surface area (Å²) in [5.74, 6) is 1.73. The van der Waals surface area contributed by atoms with Gasteiger partial charge in [-0.2, -0.15) is 13.2 Å². The number of methoxy groups -OCH3 is 1. The van der Waals surface area contributed by atoms with Gasteiger partial charge in [-0.1, -0.05) is 12.1 Å². The van der Waals surface area contributed by atoms with Crippen LogP contribution in [-0.4, -0.2) is 23.6 Å². The van der Waals surface area contributed by atoms with E-state index in [4.69, 9.17) is 15.2 Å². The molecule has 0 amide bonds. The van der Waals surface area contributed by atoms with Crippen LogP contribution in [0.5, 0.6) is 11.5 Å². The largest absolute Gasteiger partial charge is 0.493 e. The van der Waals surface area contributed by atoms with Crippen molar-refractivity contribution in [3.8, 4) is 11.5 Å². The van der Waals surface area contributed by atoms with Gasteiger partial charge in [-0.3, -0.25) is 4.98 Å². The Morgan fingerprint density at radius 2 is 1.81 bits per heavy atom. The number of aryl methyl sites for hydroxylation is 1. The summed E-state index contributed by atoms with van der Waals surface area (Å²) in [6.07, 6.45) is 0.108. The van der Waals surface area contributed by atoms with Gasteiger partial charge in [-0.25, -0.2) is 4.98 Å². The van der Waals surface area contributed by atoms with E-state index in [1.807, 2.05) is 18.2 Å². The van der Waals surface area contributed by atoms with Crippen LogP contribution in [0.3, 0.4) is 0 Å². The second-order valence-electron chi connectivity index (χ2n) is 6.95. The Balaban J connectivity index is 1.52. The van der Waals surface area contributed by atoms with Gasteiger partial charge in [0.15, 0.2) is 11.5 Å². The molecule has 1 aromatic carbocycles. The normalized spacial score (nSPS) is 11.3. The van der Waals surface area contributed by atoms with Crippen LogP contribution in [0.25, 0.3) is 0 Å². The van der Waals surface area contributed by atoms with Gasteiger partial charge in [-0.05, 0) is 65.3 Å². The highest BCUT2D eigenvalue weighted by Gasteiger charge is 2.32. The van der Waals surface area contributed by atoms with E-state index in [-0.39, 0.29) is 6.61 Å². The number of alkyl halides is 3. The van der Waals surface area contributed by atoms with Crippen molar-refractivity contribution in [1.82, 2.24) is 9.97 Å². The summed E-state index contributed by atoms with van der Waals surface area (Å²) in [6.45, 7) is 0.786. The number of aromatic nitrogens is 2. The molecule has 0 aliphatic carbocycles. The molecular formula is C22H22F3IN4O2. The number of nitrogen functional groups attached to an aromatic ring is 1. The Bertz CT molecular complexity index is 1050. The second-order valence-corrected chi connectivity index (χ2v) is 8.19. The lowest BCUT2D eigenvalue weighted by atomic mass is 10.1.